The molecular formula is C25H32F3N3O4S. The topological polar surface area (TPSA) is 86.8 Å². The normalized spacial score (nSPS) is 12.6. The van der Waals surface area contributed by atoms with Gasteiger partial charge in [-0.15, -0.1) is 0 Å². The number of benzene rings is 2. The molecule has 11 heteroatoms. The molecule has 0 heterocycles. The van der Waals surface area contributed by atoms with Crippen molar-refractivity contribution in [1.82, 2.24) is 10.2 Å². The molecule has 0 bridgehead atoms. The summed E-state index contributed by atoms with van der Waals surface area (Å²) in [4.78, 5) is 27.4. The second kappa shape index (κ2) is 12.8. The van der Waals surface area contributed by atoms with Crippen molar-refractivity contribution in [3.63, 3.8) is 0 Å². The van der Waals surface area contributed by atoms with Crippen LogP contribution in [0, 0.1) is 0 Å². The molecule has 0 fully saturated rings. The summed E-state index contributed by atoms with van der Waals surface area (Å²) >= 11 is 0. The van der Waals surface area contributed by atoms with Crippen molar-refractivity contribution in [2.75, 3.05) is 30.2 Å². The molecule has 7 nitrogen and oxygen atoms in total. The molecule has 2 aromatic rings. The van der Waals surface area contributed by atoms with Crippen LogP contribution in [0.1, 0.15) is 37.8 Å². The number of anilines is 1. The number of alkyl halides is 3. The fraction of sp³-hybridized carbons (Fsp3) is 0.440. The zero-order valence-electron chi connectivity index (χ0n) is 20.6. The van der Waals surface area contributed by atoms with Gasteiger partial charge in [-0.05, 0) is 43.5 Å². The van der Waals surface area contributed by atoms with E-state index < -0.39 is 46.2 Å². The zero-order valence-corrected chi connectivity index (χ0v) is 21.4. The van der Waals surface area contributed by atoms with Gasteiger partial charge in [0.25, 0.3) is 0 Å². The van der Waals surface area contributed by atoms with Gasteiger partial charge in [-0.25, -0.2) is 8.42 Å². The first-order valence-electron chi connectivity index (χ1n) is 11.6. The molecular weight excluding hydrogens is 495 g/mol. The number of carbonyl (C=O) groups is 2. The lowest BCUT2D eigenvalue weighted by molar-refractivity contribution is -0.138. The molecule has 2 amide bonds. The van der Waals surface area contributed by atoms with Crippen molar-refractivity contribution in [3.05, 3.63) is 65.7 Å². The Kier molecular flexibility index (Phi) is 10.3. The molecule has 2 aromatic carbocycles. The number of rotatable bonds is 12. The van der Waals surface area contributed by atoms with Crippen molar-refractivity contribution in [2.24, 2.45) is 0 Å². The molecule has 0 spiro atoms. The molecule has 1 atom stereocenters. The van der Waals surface area contributed by atoms with E-state index in [9.17, 15) is 31.2 Å². The van der Waals surface area contributed by atoms with Crippen LogP contribution in [0.5, 0.6) is 0 Å². The summed E-state index contributed by atoms with van der Waals surface area (Å²) < 4.78 is 65.3. The number of nitrogens with zero attached hydrogens (tertiary/aromatic N) is 2. The molecule has 0 radical (unpaired) electrons. The number of nitrogens with one attached hydrogen (secondary N) is 1. The van der Waals surface area contributed by atoms with E-state index in [1.165, 1.54) is 11.0 Å². The highest BCUT2D eigenvalue weighted by molar-refractivity contribution is 7.92. The van der Waals surface area contributed by atoms with E-state index >= 15 is 0 Å². The van der Waals surface area contributed by atoms with E-state index in [4.69, 9.17) is 0 Å². The molecule has 1 unspecified atom stereocenters. The molecule has 36 heavy (non-hydrogen) atoms. The van der Waals surface area contributed by atoms with Gasteiger partial charge >= 0.3 is 6.18 Å². The van der Waals surface area contributed by atoms with Gasteiger partial charge in [-0.3, -0.25) is 13.9 Å². The SMILES string of the molecule is CCCCNC(=O)C(C)N(CCc1ccccc1)C(=O)CN(c1cccc(C(F)(F)F)c1)S(C)(=O)=O. The Hall–Kier alpha value is -3.08. The Bertz CT molecular complexity index is 1120. The Labute approximate surface area is 210 Å². The highest BCUT2D eigenvalue weighted by atomic mass is 32.2. The first-order valence-corrected chi connectivity index (χ1v) is 13.5. The number of amides is 2. The van der Waals surface area contributed by atoms with Crippen LogP contribution in [0.2, 0.25) is 0 Å². The van der Waals surface area contributed by atoms with Crippen LogP contribution in [0.15, 0.2) is 54.6 Å². The Morgan fingerprint density at radius 3 is 2.31 bits per heavy atom. The van der Waals surface area contributed by atoms with Crippen LogP contribution in [-0.2, 0) is 32.2 Å². The van der Waals surface area contributed by atoms with Gasteiger partial charge in [0, 0.05) is 13.1 Å². The highest BCUT2D eigenvalue weighted by Crippen LogP contribution is 2.32. The van der Waals surface area contributed by atoms with Gasteiger partial charge in [0.15, 0.2) is 0 Å². The van der Waals surface area contributed by atoms with E-state index in [0.717, 1.165) is 36.8 Å². The van der Waals surface area contributed by atoms with Gasteiger partial charge in [0.05, 0.1) is 17.5 Å². The Morgan fingerprint density at radius 2 is 1.72 bits per heavy atom. The zero-order chi connectivity index (χ0) is 26.9. The molecule has 1 N–H and O–H groups in total. The standard InChI is InChI=1S/C25H32F3N3O4S/c1-4-5-15-29-24(33)19(2)30(16-14-20-10-7-6-8-11-20)23(32)18-31(36(3,34)35)22-13-9-12-21(17-22)25(26,27)28/h6-13,17,19H,4-5,14-16,18H2,1-3H3,(H,29,33). The number of hydrogen-bond donors (Lipinski definition) is 1. The minimum absolute atomic E-state index is 0.116. The van der Waals surface area contributed by atoms with Crippen LogP contribution in [0.25, 0.3) is 0 Å². The molecule has 0 aliphatic rings. The fourth-order valence-electron chi connectivity index (χ4n) is 3.56. The fourth-order valence-corrected chi connectivity index (χ4v) is 4.40. The Morgan fingerprint density at radius 1 is 1.06 bits per heavy atom. The van der Waals surface area contributed by atoms with Crippen LogP contribution in [-0.4, -0.2) is 57.1 Å². The molecule has 198 valence electrons. The largest absolute Gasteiger partial charge is 0.416 e. The maximum absolute atomic E-state index is 13.4. The summed E-state index contributed by atoms with van der Waals surface area (Å²) in [7, 11) is -4.12. The van der Waals surface area contributed by atoms with Crippen molar-refractivity contribution in [1.29, 1.82) is 0 Å². The molecule has 0 aliphatic carbocycles. The summed E-state index contributed by atoms with van der Waals surface area (Å²) in [5.74, 6) is -1.10. The number of hydrogen-bond acceptors (Lipinski definition) is 4. The quantitative estimate of drug-likeness (QED) is 0.425. The van der Waals surface area contributed by atoms with E-state index in [-0.39, 0.29) is 12.2 Å². The molecule has 0 saturated carbocycles. The van der Waals surface area contributed by atoms with Crippen LogP contribution < -0.4 is 9.62 Å². The van der Waals surface area contributed by atoms with Gasteiger partial charge in [-0.1, -0.05) is 49.7 Å². The van der Waals surface area contributed by atoms with E-state index in [1.54, 1.807) is 6.92 Å². The number of carbonyl (C=O) groups excluding carboxylic acids is 2. The lowest BCUT2D eigenvalue weighted by Gasteiger charge is -2.31. The molecule has 0 aliphatic heterocycles. The predicted molar refractivity (Wildman–Crippen MR) is 133 cm³/mol. The summed E-state index contributed by atoms with van der Waals surface area (Å²) in [5.41, 5.74) is -0.416. The third-order valence-electron chi connectivity index (χ3n) is 5.62. The van der Waals surface area contributed by atoms with E-state index in [2.05, 4.69) is 5.32 Å². The third-order valence-corrected chi connectivity index (χ3v) is 6.76. The highest BCUT2D eigenvalue weighted by Gasteiger charge is 2.33. The van der Waals surface area contributed by atoms with Crippen molar-refractivity contribution in [2.45, 2.75) is 45.3 Å². The lowest BCUT2D eigenvalue weighted by Crippen LogP contribution is -2.52. The second-order valence-corrected chi connectivity index (χ2v) is 10.4. The second-order valence-electron chi connectivity index (χ2n) is 8.46. The van der Waals surface area contributed by atoms with Crippen molar-refractivity contribution in [3.8, 4) is 0 Å². The average Bonchev–Trinajstić information content (AvgIpc) is 2.82. The minimum Gasteiger partial charge on any atom is -0.354 e. The van der Waals surface area contributed by atoms with Crippen LogP contribution in [0.3, 0.4) is 0 Å². The molecule has 2 rings (SSSR count). The van der Waals surface area contributed by atoms with Crippen LogP contribution in [0.4, 0.5) is 18.9 Å². The summed E-state index contributed by atoms with van der Waals surface area (Å²) in [5, 5.41) is 2.77. The van der Waals surface area contributed by atoms with Gasteiger partial charge < -0.3 is 10.2 Å². The summed E-state index contributed by atoms with van der Waals surface area (Å²) in [6, 6.07) is 12.1. The van der Waals surface area contributed by atoms with Crippen molar-refractivity contribution < 1.29 is 31.2 Å². The minimum atomic E-state index is -4.68. The average molecular weight is 528 g/mol. The van der Waals surface area contributed by atoms with Gasteiger partial charge in [0.2, 0.25) is 21.8 Å². The number of halogens is 3. The first kappa shape index (κ1) is 29.2. The molecule has 0 aromatic heterocycles. The summed E-state index contributed by atoms with van der Waals surface area (Å²) in [6.45, 7) is 3.31. The lowest BCUT2D eigenvalue weighted by atomic mass is 10.1. The van der Waals surface area contributed by atoms with Crippen molar-refractivity contribution >= 4 is 27.5 Å². The van der Waals surface area contributed by atoms with Gasteiger partial charge in [0.1, 0.15) is 12.6 Å². The number of unbranched alkanes of at least 4 members (excludes halogenated alkanes) is 1. The monoisotopic (exact) mass is 527 g/mol. The van der Waals surface area contributed by atoms with Crippen LogP contribution >= 0.6 is 0 Å². The molecule has 0 saturated heterocycles. The maximum atomic E-state index is 13.4. The predicted octanol–water partition coefficient (Wildman–Crippen LogP) is 3.85. The van der Waals surface area contributed by atoms with E-state index in [0.29, 0.717) is 23.3 Å². The number of sulfonamides is 1. The van der Waals surface area contributed by atoms with E-state index in [1.807, 2.05) is 37.3 Å². The third kappa shape index (κ3) is 8.54. The maximum Gasteiger partial charge on any atom is 0.416 e. The van der Waals surface area contributed by atoms with Gasteiger partial charge in [-0.2, -0.15) is 13.2 Å². The smallest absolute Gasteiger partial charge is 0.354 e. The summed E-state index contributed by atoms with van der Waals surface area (Å²) in [6.07, 6.45) is -1.84. The Balaban J connectivity index is 2.33. The first-order chi connectivity index (χ1) is 16.8.